The van der Waals surface area contributed by atoms with Gasteiger partial charge in [0.25, 0.3) is 0 Å². The predicted octanol–water partition coefficient (Wildman–Crippen LogP) is 5.52. The summed E-state index contributed by atoms with van der Waals surface area (Å²) in [5.74, 6) is -1.17. The topological polar surface area (TPSA) is 40.3 Å². The first kappa shape index (κ1) is 22.3. The zero-order valence-corrected chi connectivity index (χ0v) is 19.2. The van der Waals surface area contributed by atoms with Crippen LogP contribution in [0.2, 0.25) is 0 Å². The van der Waals surface area contributed by atoms with Crippen LogP contribution < -0.4 is 10.1 Å². The lowest BCUT2D eigenvalue weighted by Crippen LogP contribution is -2.50. The molecule has 5 rings (SSSR count). The summed E-state index contributed by atoms with van der Waals surface area (Å²) < 4.78 is 51.8. The minimum absolute atomic E-state index is 0. The molecule has 1 aromatic heterocycles. The molecule has 2 N–H and O–H groups in total. The Balaban J connectivity index is 0.00000274. The van der Waals surface area contributed by atoms with Gasteiger partial charge >= 0.3 is 0 Å². The lowest BCUT2D eigenvalue weighted by atomic mass is 9.85. The minimum Gasteiger partial charge on any atom is -0.488 e. The number of nitrogens with one attached hydrogen (secondary N) is 2. The molecule has 0 radical (unpaired) electrons. The summed E-state index contributed by atoms with van der Waals surface area (Å²) in [6.07, 6.45) is 1.35. The summed E-state index contributed by atoms with van der Waals surface area (Å²) in [6, 6.07) is 9.59. The average Bonchev–Trinajstić information content (AvgIpc) is 3.08. The highest BCUT2D eigenvalue weighted by Gasteiger charge is 2.42. The fourth-order valence-electron chi connectivity index (χ4n) is 5.18. The van der Waals surface area contributed by atoms with E-state index in [1.165, 1.54) is 26.0 Å². The molecule has 4 nitrogen and oxygen atoms in total. The number of benzene rings is 2. The third kappa shape index (κ3) is 4.13. The number of aromatic nitrogens is 1. The third-order valence-electron chi connectivity index (χ3n) is 6.76. The van der Waals surface area contributed by atoms with Crippen LogP contribution in [0.4, 0.5) is 13.2 Å². The molecule has 0 aliphatic carbocycles. The van der Waals surface area contributed by atoms with Gasteiger partial charge in [-0.05, 0) is 38.3 Å². The van der Waals surface area contributed by atoms with Crippen molar-refractivity contribution in [1.29, 1.82) is 0 Å². The second-order valence-electron chi connectivity index (χ2n) is 9.82. The van der Waals surface area contributed by atoms with E-state index in [1.54, 1.807) is 0 Å². The van der Waals surface area contributed by atoms with Gasteiger partial charge in [0.05, 0.1) is 6.04 Å². The highest BCUT2D eigenvalue weighted by Crippen LogP contribution is 2.44. The number of ether oxygens (including phenoxy) is 1. The van der Waals surface area contributed by atoms with Gasteiger partial charge in [0.1, 0.15) is 29.2 Å². The molecular formula is C26H32F3N3O. The number of nitrogens with zero attached hydrogens (tertiary/aromatic N) is 1. The first-order chi connectivity index (χ1) is 15.7. The SMILES string of the molecule is CC[C@@H]1Cc2c([nH]c3ccccc23)[C@@H](c2c(F)cc(OC3CNC3)cc2F)N1CC(C)(C)F.[HH]. The van der Waals surface area contributed by atoms with Crippen LogP contribution in [0, 0.1) is 11.6 Å². The Kier molecular flexibility index (Phi) is 5.65. The van der Waals surface area contributed by atoms with Crippen LogP contribution in [0.15, 0.2) is 36.4 Å². The lowest BCUT2D eigenvalue weighted by molar-refractivity contribution is 0.0560. The van der Waals surface area contributed by atoms with E-state index in [2.05, 4.69) is 10.3 Å². The molecule has 0 spiro atoms. The van der Waals surface area contributed by atoms with Crippen LogP contribution >= 0.6 is 0 Å². The molecule has 0 unspecified atom stereocenters. The zero-order chi connectivity index (χ0) is 23.3. The fourth-order valence-corrected chi connectivity index (χ4v) is 5.18. The van der Waals surface area contributed by atoms with Crippen LogP contribution in [0.5, 0.6) is 5.75 Å². The minimum atomic E-state index is -1.53. The van der Waals surface area contributed by atoms with Gasteiger partial charge in [-0.2, -0.15) is 0 Å². The van der Waals surface area contributed by atoms with Crippen molar-refractivity contribution in [3.63, 3.8) is 0 Å². The van der Waals surface area contributed by atoms with Crippen molar-refractivity contribution in [2.75, 3.05) is 19.6 Å². The molecule has 0 amide bonds. The summed E-state index contributed by atoms with van der Waals surface area (Å²) >= 11 is 0. The highest BCUT2D eigenvalue weighted by atomic mass is 19.1. The maximum Gasteiger partial charge on any atom is 0.135 e. The number of fused-ring (bicyclic) bond motifs is 3. The quantitative estimate of drug-likeness (QED) is 0.510. The van der Waals surface area contributed by atoms with Crippen molar-refractivity contribution in [2.45, 2.75) is 57.5 Å². The van der Waals surface area contributed by atoms with E-state index < -0.39 is 23.3 Å². The van der Waals surface area contributed by atoms with E-state index in [-0.39, 0.29) is 31.4 Å². The number of hydrogen-bond acceptors (Lipinski definition) is 3. The summed E-state index contributed by atoms with van der Waals surface area (Å²) in [6.45, 7) is 6.43. The number of aromatic amines is 1. The van der Waals surface area contributed by atoms with E-state index in [4.69, 9.17) is 4.74 Å². The Hall–Kier alpha value is -2.51. The molecule has 0 saturated carbocycles. The fraction of sp³-hybridized carbons (Fsp3) is 0.462. The largest absolute Gasteiger partial charge is 0.488 e. The molecule has 2 aromatic carbocycles. The summed E-state index contributed by atoms with van der Waals surface area (Å²) in [5, 5.41) is 4.13. The van der Waals surface area contributed by atoms with Gasteiger partial charge in [-0.15, -0.1) is 0 Å². The smallest absolute Gasteiger partial charge is 0.135 e. The van der Waals surface area contributed by atoms with E-state index in [9.17, 15) is 4.39 Å². The Bertz CT molecular complexity index is 1150. The molecule has 3 aromatic rings. The van der Waals surface area contributed by atoms with Crippen LogP contribution in [0.3, 0.4) is 0 Å². The van der Waals surface area contributed by atoms with Gasteiger partial charge in [-0.3, -0.25) is 4.90 Å². The molecule has 1 saturated heterocycles. The molecule has 0 bridgehead atoms. The van der Waals surface area contributed by atoms with E-state index in [0.29, 0.717) is 19.5 Å². The molecule has 3 heterocycles. The molecule has 33 heavy (non-hydrogen) atoms. The number of H-pyrrole nitrogens is 1. The number of halogens is 3. The Morgan fingerprint density at radius 2 is 1.85 bits per heavy atom. The maximum atomic E-state index is 15.6. The van der Waals surface area contributed by atoms with Crippen LogP contribution in [-0.4, -0.2) is 47.3 Å². The van der Waals surface area contributed by atoms with Crippen molar-refractivity contribution in [1.82, 2.24) is 15.2 Å². The van der Waals surface area contributed by atoms with E-state index in [1.807, 2.05) is 36.1 Å². The van der Waals surface area contributed by atoms with Gasteiger partial charge in [0.2, 0.25) is 0 Å². The number of para-hydroxylation sites is 1. The van der Waals surface area contributed by atoms with E-state index in [0.717, 1.165) is 28.6 Å². The van der Waals surface area contributed by atoms with E-state index >= 15 is 8.78 Å². The van der Waals surface area contributed by atoms with Crippen LogP contribution in [0.25, 0.3) is 10.9 Å². The van der Waals surface area contributed by atoms with Crippen molar-refractivity contribution >= 4 is 10.9 Å². The number of rotatable bonds is 6. The second kappa shape index (κ2) is 8.37. The Morgan fingerprint density at radius 1 is 1.15 bits per heavy atom. The standard InChI is InChI=1S/C26H30F3N3O.H2/c1-4-15-9-19-18-7-5-6-8-22(18)31-24(19)25(32(15)14-26(2,3)29)23-20(27)10-16(11-21(23)28)33-17-12-30-13-17;/h5-8,10-11,15,17,25,30-31H,4,9,12-14H2,1-3H3;1H/t15-,25-;/m1./s1. The van der Waals surface area contributed by atoms with Gasteiger partial charge in [-0.1, -0.05) is 25.1 Å². The van der Waals surface area contributed by atoms with Crippen LogP contribution in [0.1, 0.15) is 51.5 Å². The number of hydrogen-bond donors (Lipinski definition) is 2. The monoisotopic (exact) mass is 459 g/mol. The average molecular weight is 460 g/mol. The number of alkyl halides is 1. The molecule has 2 aliphatic rings. The summed E-state index contributed by atoms with van der Waals surface area (Å²) in [4.78, 5) is 5.33. The van der Waals surface area contributed by atoms with Gasteiger partial charge in [-0.25, -0.2) is 13.2 Å². The Morgan fingerprint density at radius 3 is 2.45 bits per heavy atom. The van der Waals surface area contributed by atoms with Crippen molar-refractivity contribution < 1.29 is 19.3 Å². The third-order valence-corrected chi connectivity index (χ3v) is 6.76. The first-order valence-electron chi connectivity index (χ1n) is 11.7. The van der Waals surface area contributed by atoms with Crippen molar-refractivity contribution in [3.05, 3.63) is 64.9 Å². The second-order valence-corrected chi connectivity index (χ2v) is 9.82. The molecule has 1 fully saturated rings. The van der Waals surface area contributed by atoms with Crippen molar-refractivity contribution in [2.24, 2.45) is 0 Å². The lowest BCUT2D eigenvalue weighted by Gasteiger charge is -2.44. The molecule has 2 atom stereocenters. The molecule has 2 aliphatic heterocycles. The van der Waals surface area contributed by atoms with Gasteiger partial charge in [0, 0.05) is 61.4 Å². The molecule has 178 valence electrons. The molecule has 7 heteroatoms. The maximum absolute atomic E-state index is 15.6. The van der Waals surface area contributed by atoms with Gasteiger partial charge in [0.15, 0.2) is 0 Å². The zero-order valence-electron chi connectivity index (χ0n) is 19.2. The first-order valence-corrected chi connectivity index (χ1v) is 11.7. The predicted molar refractivity (Wildman–Crippen MR) is 126 cm³/mol. The Labute approximate surface area is 193 Å². The van der Waals surface area contributed by atoms with Crippen molar-refractivity contribution in [3.8, 4) is 5.75 Å². The highest BCUT2D eigenvalue weighted by molar-refractivity contribution is 5.85. The van der Waals surface area contributed by atoms with Crippen LogP contribution in [-0.2, 0) is 6.42 Å². The summed E-state index contributed by atoms with van der Waals surface area (Å²) in [7, 11) is 0. The molecular weight excluding hydrogens is 427 g/mol. The normalized spacial score (nSPS) is 21.8. The van der Waals surface area contributed by atoms with Gasteiger partial charge < -0.3 is 15.0 Å². The summed E-state index contributed by atoms with van der Waals surface area (Å²) in [5.41, 5.74) is 1.11.